The minimum Gasteiger partial charge on any atom is -0.496 e. The molecule has 0 amide bonds. The Morgan fingerprint density at radius 3 is 2.47 bits per heavy atom. The summed E-state index contributed by atoms with van der Waals surface area (Å²) in [5, 5.41) is 0. The van der Waals surface area contributed by atoms with Crippen LogP contribution in [0.25, 0.3) is 0 Å². The number of ether oxygens (including phenoxy) is 1. The Morgan fingerprint density at radius 1 is 1.13 bits per heavy atom. The second-order valence-corrected chi connectivity index (χ2v) is 3.01. The molecule has 1 heterocycles. The van der Waals surface area contributed by atoms with Gasteiger partial charge in [0.2, 0.25) is 5.78 Å². The molecular weight excluding hydrogens is 198 g/mol. The summed E-state index contributed by atoms with van der Waals surface area (Å²) in [5.74, 6) is -0.630. The van der Waals surface area contributed by atoms with E-state index in [0.717, 1.165) is 18.2 Å². The maximum atomic E-state index is 11.5. The number of fused-ring (bicyclic) bond motifs is 1. The topological polar surface area (TPSA) is 76.2 Å². The maximum Gasteiger partial charge on any atom is 0.252 e. The number of aromatic amines is 1. The fourth-order valence-electron chi connectivity index (χ4n) is 1.44. The first-order valence-electron chi connectivity index (χ1n) is 4.21. The number of allylic oxidation sites excluding steroid dienone is 2. The molecule has 1 aliphatic carbocycles. The summed E-state index contributed by atoms with van der Waals surface area (Å²) in [5.41, 5.74) is -0.362. The van der Waals surface area contributed by atoms with Crippen molar-refractivity contribution in [1.29, 1.82) is 0 Å². The van der Waals surface area contributed by atoms with Gasteiger partial charge < -0.3 is 9.72 Å². The Morgan fingerprint density at radius 2 is 1.80 bits per heavy atom. The van der Waals surface area contributed by atoms with Gasteiger partial charge in [0, 0.05) is 6.07 Å². The number of carbonyl (C=O) groups is 2. The third-order valence-electron chi connectivity index (χ3n) is 2.11. The lowest BCUT2D eigenvalue weighted by Gasteiger charge is -2.11. The molecule has 76 valence electrons. The first-order valence-corrected chi connectivity index (χ1v) is 4.21. The lowest BCUT2D eigenvalue weighted by Crippen LogP contribution is -2.20. The Balaban J connectivity index is 2.81. The van der Waals surface area contributed by atoms with E-state index in [1.54, 1.807) is 0 Å². The molecule has 0 aliphatic heterocycles. The Bertz CT molecular complexity index is 539. The number of ketones is 2. The molecule has 0 saturated heterocycles. The molecule has 0 saturated carbocycles. The molecule has 0 fully saturated rings. The molecular formula is C10H7NO4. The third kappa shape index (κ3) is 1.38. The molecule has 1 aliphatic rings. The average molecular weight is 205 g/mol. The van der Waals surface area contributed by atoms with Crippen LogP contribution in [0.2, 0.25) is 0 Å². The number of H-pyrrole nitrogens is 1. The SMILES string of the molecule is COc1cc(=O)[nH]c2c1C(=O)C=CC2=O. The highest BCUT2D eigenvalue weighted by Gasteiger charge is 2.24. The minimum atomic E-state index is -0.470. The predicted octanol–water partition coefficient (Wildman–Crippen LogP) is 0.319. The van der Waals surface area contributed by atoms with Gasteiger partial charge >= 0.3 is 0 Å². The van der Waals surface area contributed by atoms with Crippen molar-refractivity contribution in [2.24, 2.45) is 0 Å². The van der Waals surface area contributed by atoms with Crippen LogP contribution in [-0.4, -0.2) is 23.7 Å². The standard InChI is InChI=1S/C10H7NO4/c1-15-7-4-8(14)11-10-6(13)3-2-5(12)9(7)10/h2-4H,1H3,(H,11,14). The fraction of sp³-hybridized carbons (Fsp3) is 0.100. The zero-order valence-corrected chi connectivity index (χ0v) is 7.87. The summed E-state index contributed by atoms with van der Waals surface area (Å²) < 4.78 is 4.89. The van der Waals surface area contributed by atoms with Gasteiger partial charge in [-0.1, -0.05) is 0 Å². The Labute approximate surface area is 84.4 Å². The third-order valence-corrected chi connectivity index (χ3v) is 2.11. The number of pyridine rings is 1. The zero-order chi connectivity index (χ0) is 11.0. The summed E-state index contributed by atoms with van der Waals surface area (Å²) >= 11 is 0. The van der Waals surface area contributed by atoms with E-state index in [-0.39, 0.29) is 22.8 Å². The molecule has 0 spiro atoms. The number of hydrogen-bond donors (Lipinski definition) is 1. The summed E-state index contributed by atoms with van der Waals surface area (Å²) in [4.78, 5) is 36.3. The molecule has 0 atom stereocenters. The van der Waals surface area contributed by atoms with Crippen molar-refractivity contribution in [1.82, 2.24) is 4.98 Å². The highest BCUT2D eigenvalue weighted by Crippen LogP contribution is 2.23. The number of nitrogens with one attached hydrogen (secondary N) is 1. The molecule has 5 nitrogen and oxygen atoms in total. The molecule has 0 unspecified atom stereocenters. The average Bonchev–Trinajstić information content (AvgIpc) is 2.22. The largest absolute Gasteiger partial charge is 0.496 e. The van der Waals surface area contributed by atoms with E-state index in [0.29, 0.717) is 0 Å². The second kappa shape index (κ2) is 3.20. The zero-order valence-electron chi connectivity index (χ0n) is 7.87. The van der Waals surface area contributed by atoms with Gasteiger partial charge in [0.15, 0.2) is 5.78 Å². The lowest BCUT2D eigenvalue weighted by molar-refractivity contribution is 0.0987. The van der Waals surface area contributed by atoms with Crippen LogP contribution >= 0.6 is 0 Å². The van der Waals surface area contributed by atoms with Gasteiger partial charge in [0.05, 0.1) is 12.7 Å². The number of rotatable bonds is 1. The van der Waals surface area contributed by atoms with Crippen LogP contribution in [0.4, 0.5) is 0 Å². The lowest BCUT2D eigenvalue weighted by atomic mass is 9.99. The second-order valence-electron chi connectivity index (χ2n) is 3.01. The van der Waals surface area contributed by atoms with E-state index in [2.05, 4.69) is 4.98 Å². The van der Waals surface area contributed by atoms with Crippen LogP contribution < -0.4 is 10.3 Å². The van der Waals surface area contributed by atoms with Crippen molar-refractivity contribution in [3.8, 4) is 5.75 Å². The number of carbonyl (C=O) groups excluding carboxylic acids is 2. The van der Waals surface area contributed by atoms with E-state index in [4.69, 9.17) is 4.74 Å². The first-order chi connectivity index (χ1) is 7.13. The van der Waals surface area contributed by atoms with Gasteiger partial charge in [0.1, 0.15) is 11.4 Å². The van der Waals surface area contributed by atoms with Crippen molar-refractivity contribution in [3.05, 3.63) is 39.8 Å². The molecule has 1 aromatic rings. The van der Waals surface area contributed by atoms with Crippen LogP contribution in [0.1, 0.15) is 20.8 Å². The highest BCUT2D eigenvalue weighted by atomic mass is 16.5. The molecule has 1 aromatic heterocycles. The molecule has 2 rings (SSSR count). The molecule has 1 N–H and O–H groups in total. The molecule has 15 heavy (non-hydrogen) atoms. The minimum absolute atomic E-state index is 0.00755. The molecule has 0 bridgehead atoms. The van der Waals surface area contributed by atoms with Crippen molar-refractivity contribution in [3.63, 3.8) is 0 Å². The smallest absolute Gasteiger partial charge is 0.252 e. The highest BCUT2D eigenvalue weighted by molar-refractivity contribution is 6.22. The summed E-state index contributed by atoms with van der Waals surface area (Å²) in [7, 11) is 1.34. The van der Waals surface area contributed by atoms with E-state index in [1.807, 2.05) is 0 Å². The van der Waals surface area contributed by atoms with Crippen molar-refractivity contribution >= 4 is 11.6 Å². The monoisotopic (exact) mass is 205 g/mol. The van der Waals surface area contributed by atoms with Gasteiger partial charge in [-0.3, -0.25) is 14.4 Å². The van der Waals surface area contributed by atoms with Gasteiger partial charge in [-0.05, 0) is 12.2 Å². The van der Waals surface area contributed by atoms with Crippen LogP contribution in [0, 0.1) is 0 Å². The van der Waals surface area contributed by atoms with Crippen LogP contribution in [0.5, 0.6) is 5.75 Å². The van der Waals surface area contributed by atoms with Gasteiger partial charge in [0.25, 0.3) is 5.56 Å². The van der Waals surface area contributed by atoms with Gasteiger partial charge in [-0.25, -0.2) is 0 Å². The quantitative estimate of drug-likeness (QED) is 0.716. The number of hydrogen-bond acceptors (Lipinski definition) is 4. The summed E-state index contributed by atoms with van der Waals surface area (Å²) in [6, 6.07) is 1.14. The summed E-state index contributed by atoms with van der Waals surface area (Å²) in [6.07, 6.45) is 2.28. The normalized spacial score (nSPS) is 13.9. The van der Waals surface area contributed by atoms with E-state index >= 15 is 0 Å². The van der Waals surface area contributed by atoms with Crippen molar-refractivity contribution in [2.45, 2.75) is 0 Å². The number of methoxy groups -OCH3 is 1. The fourth-order valence-corrected chi connectivity index (χ4v) is 1.44. The van der Waals surface area contributed by atoms with E-state index < -0.39 is 11.3 Å². The van der Waals surface area contributed by atoms with Crippen LogP contribution in [0.15, 0.2) is 23.0 Å². The number of aromatic nitrogens is 1. The van der Waals surface area contributed by atoms with Gasteiger partial charge in [-0.2, -0.15) is 0 Å². The Kier molecular flexibility index (Phi) is 2.00. The van der Waals surface area contributed by atoms with Crippen molar-refractivity contribution < 1.29 is 14.3 Å². The maximum absolute atomic E-state index is 11.5. The molecule has 0 aromatic carbocycles. The van der Waals surface area contributed by atoms with Crippen LogP contribution in [-0.2, 0) is 0 Å². The molecule has 5 heteroatoms. The first kappa shape index (κ1) is 9.39. The van der Waals surface area contributed by atoms with Crippen molar-refractivity contribution in [2.75, 3.05) is 7.11 Å². The predicted molar refractivity (Wildman–Crippen MR) is 51.4 cm³/mol. The van der Waals surface area contributed by atoms with E-state index in [1.165, 1.54) is 7.11 Å². The molecule has 0 radical (unpaired) electrons. The van der Waals surface area contributed by atoms with Gasteiger partial charge in [-0.15, -0.1) is 0 Å². The van der Waals surface area contributed by atoms with Crippen LogP contribution in [0.3, 0.4) is 0 Å². The summed E-state index contributed by atoms with van der Waals surface area (Å²) in [6.45, 7) is 0. The van der Waals surface area contributed by atoms with E-state index in [9.17, 15) is 14.4 Å². The Hall–Kier alpha value is -2.17.